The first-order chi connectivity index (χ1) is 9.81. The van der Waals surface area contributed by atoms with E-state index in [1.165, 1.54) is 6.07 Å². The molecule has 0 radical (unpaired) electrons. The molecule has 2 heterocycles. The van der Waals surface area contributed by atoms with Gasteiger partial charge in [0.1, 0.15) is 24.6 Å². The van der Waals surface area contributed by atoms with Crippen molar-refractivity contribution >= 4 is 11.0 Å². The van der Waals surface area contributed by atoms with Crippen LogP contribution in [0.15, 0.2) is 36.4 Å². The Bertz CT molecular complexity index is 798. The van der Waals surface area contributed by atoms with Crippen LogP contribution in [0.25, 0.3) is 22.4 Å². The van der Waals surface area contributed by atoms with Crippen molar-refractivity contribution in [2.24, 2.45) is 0 Å². The van der Waals surface area contributed by atoms with Crippen LogP contribution < -0.4 is 9.47 Å². The number of nitrogens with one attached hydrogen (secondary N) is 1. The SMILES string of the molecule is Fc1cccc2[nH]c(-c3ccc4c(c3)OCCO4)nc12. The predicted octanol–water partition coefficient (Wildman–Crippen LogP) is 3.14. The van der Waals surface area contributed by atoms with Crippen molar-refractivity contribution in [3.63, 3.8) is 0 Å². The number of halogens is 1. The van der Waals surface area contributed by atoms with Crippen molar-refractivity contribution < 1.29 is 13.9 Å². The van der Waals surface area contributed by atoms with Gasteiger partial charge in [-0.1, -0.05) is 6.07 Å². The fourth-order valence-electron chi connectivity index (χ4n) is 2.32. The van der Waals surface area contributed by atoms with Gasteiger partial charge in [0, 0.05) is 5.56 Å². The second-order valence-corrected chi connectivity index (χ2v) is 4.58. The number of hydrogen-bond acceptors (Lipinski definition) is 3. The third kappa shape index (κ3) is 1.71. The molecule has 4 rings (SSSR count). The normalized spacial score (nSPS) is 13.7. The van der Waals surface area contributed by atoms with Crippen LogP contribution >= 0.6 is 0 Å². The first-order valence-electron chi connectivity index (χ1n) is 6.35. The van der Waals surface area contributed by atoms with Crippen molar-refractivity contribution in [3.8, 4) is 22.9 Å². The number of aromatic amines is 1. The summed E-state index contributed by atoms with van der Waals surface area (Å²) in [6.07, 6.45) is 0. The van der Waals surface area contributed by atoms with Gasteiger partial charge in [-0.3, -0.25) is 0 Å². The molecule has 0 fully saturated rings. The van der Waals surface area contributed by atoms with Gasteiger partial charge in [-0.15, -0.1) is 0 Å². The third-order valence-electron chi connectivity index (χ3n) is 3.28. The predicted molar refractivity (Wildman–Crippen MR) is 72.5 cm³/mol. The van der Waals surface area contributed by atoms with Crippen LogP contribution in [0.2, 0.25) is 0 Å². The summed E-state index contributed by atoms with van der Waals surface area (Å²) < 4.78 is 24.7. The number of H-pyrrole nitrogens is 1. The van der Waals surface area contributed by atoms with Gasteiger partial charge in [-0.05, 0) is 30.3 Å². The van der Waals surface area contributed by atoms with E-state index in [-0.39, 0.29) is 5.82 Å². The average Bonchev–Trinajstić information content (AvgIpc) is 2.92. The quantitative estimate of drug-likeness (QED) is 0.739. The maximum atomic E-state index is 13.7. The molecule has 1 aliphatic rings. The molecule has 100 valence electrons. The van der Waals surface area contributed by atoms with Crippen LogP contribution in [0.3, 0.4) is 0 Å². The van der Waals surface area contributed by atoms with E-state index < -0.39 is 0 Å². The number of aromatic nitrogens is 2. The molecule has 0 bridgehead atoms. The molecule has 1 aromatic heterocycles. The molecule has 4 nitrogen and oxygen atoms in total. The van der Waals surface area contributed by atoms with E-state index >= 15 is 0 Å². The van der Waals surface area contributed by atoms with Crippen molar-refractivity contribution in [2.45, 2.75) is 0 Å². The lowest BCUT2D eigenvalue weighted by Gasteiger charge is -2.18. The van der Waals surface area contributed by atoms with Crippen molar-refractivity contribution in [1.82, 2.24) is 9.97 Å². The van der Waals surface area contributed by atoms with Crippen LogP contribution in [-0.2, 0) is 0 Å². The Morgan fingerprint density at radius 1 is 1.05 bits per heavy atom. The number of ether oxygens (including phenoxy) is 2. The lowest BCUT2D eigenvalue weighted by Crippen LogP contribution is -2.15. The molecule has 0 saturated carbocycles. The molecule has 0 atom stereocenters. The number of fused-ring (bicyclic) bond motifs is 2. The Hall–Kier alpha value is -2.56. The third-order valence-corrected chi connectivity index (χ3v) is 3.28. The Balaban J connectivity index is 1.84. The summed E-state index contributed by atoms with van der Waals surface area (Å²) >= 11 is 0. The topological polar surface area (TPSA) is 47.1 Å². The van der Waals surface area contributed by atoms with Crippen LogP contribution in [0.5, 0.6) is 11.5 Å². The van der Waals surface area contributed by atoms with E-state index in [0.717, 1.165) is 11.3 Å². The van der Waals surface area contributed by atoms with Gasteiger partial charge in [0.15, 0.2) is 17.3 Å². The first kappa shape index (κ1) is 11.3. The summed E-state index contributed by atoms with van der Waals surface area (Å²) in [5.74, 6) is 1.70. The zero-order chi connectivity index (χ0) is 13.5. The molecule has 0 spiro atoms. The van der Waals surface area contributed by atoms with Gasteiger partial charge in [0.05, 0.1) is 5.52 Å². The minimum absolute atomic E-state index is 0.331. The fourth-order valence-corrected chi connectivity index (χ4v) is 2.32. The highest BCUT2D eigenvalue weighted by Gasteiger charge is 2.14. The summed E-state index contributed by atoms with van der Waals surface area (Å²) in [6, 6.07) is 10.4. The molecular formula is C15H11FN2O2. The Labute approximate surface area is 114 Å². The first-order valence-corrected chi connectivity index (χ1v) is 6.35. The molecule has 2 aromatic carbocycles. The van der Waals surface area contributed by atoms with Crippen molar-refractivity contribution in [2.75, 3.05) is 13.2 Å². The van der Waals surface area contributed by atoms with Gasteiger partial charge in [-0.25, -0.2) is 9.37 Å². The highest BCUT2D eigenvalue weighted by atomic mass is 19.1. The maximum Gasteiger partial charge on any atom is 0.162 e. The summed E-state index contributed by atoms with van der Waals surface area (Å²) in [5, 5.41) is 0. The van der Waals surface area contributed by atoms with E-state index in [4.69, 9.17) is 9.47 Å². The molecule has 0 saturated heterocycles. The van der Waals surface area contributed by atoms with Crippen molar-refractivity contribution in [1.29, 1.82) is 0 Å². The Morgan fingerprint density at radius 2 is 1.90 bits per heavy atom. The molecule has 20 heavy (non-hydrogen) atoms. The number of hydrogen-bond donors (Lipinski definition) is 1. The number of benzene rings is 2. The molecule has 1 aliphatic heterocycles. The van der Waals surface area contributed by atoms with Crippen molar-refractivity contribution in [3.05, 3.63) is 42.2 Å². The van der Waals surface area contributed by atoms with Gasteiger partial charge in [0.25, 0.3) is 0 Å². The summed E-state index contributed by atoms with van der Waals surface area (Å²) in [4.78, 5) is 7.42. The lowest BCUT2D eigenvalue weighted by atomic mass is 10.2. The maximum absolute atomic E-state index is 13.7. The van der Waals surface area contributed by atoms with E-state index in [1.807, 2.05) is 18.2 Å². The van der Waals surface area contributed by atoms with E-state index in [1.54, 1.807) is 12.1 Å². The van der Waals surface area contributed by atoms with Gasteiger partial charge in [0.2, 0.25) is 0 Å². The van der Waals surface area contributed by atoms with Crippen LogP contribution in [-0.4, -0.2) is 23.2 Å². The molecule has 3 aromatic rings. The fraction of sp³-hybridized carbons (Fsp3) is 0.133. The summed E-state index contributed by atoms with van der Waals surface area (Å²) in [7, 11) is 0. The standard InChI is InChI=1S/C15H11FN2O2/c16-10-2-1-3-11-14(10)18-15(17-11)9-4-5-12-13(8-9)20-7-6-19-12/h1-5,8H,6-7H2,(H,17,18). The zero-order valence-corrected chi connectivity index (χ0v) is 10.5. The average molecular weight is 270 g/mol. The molecule has 0 unspecified atom stereocenters. The highest BCUT2D eigenvalue weighted by Crippen LogP contribution is 2.34. The number of rotatable bonds is 1. The van der Waals surface area contributed by atoms with Gasteiger partial charge in [-0.2, -0.15) is 0 Å². The van der Waals surface area contributed by atoms with Crippen LogP contribution in [0.4, 0.5) is 4.39 Å². The van der Waals surface area contributed by atoms with E-state index in [9.17, 15) is 4.39 Å². The van der Waals surface area contributed by atoms with Gasteiger partial charge >= 0.3 is 0 Å². The highest BCUT2D eigenvalue weighted by molar-refractivity contribution is 5.80. The molecule has 0 amide bonds. The summed E-state index contributed by atoms with van der Waals surface area (Å²) in [6.45, 7) is 1.09. The lowest BCUT2D eigenvalue weighted by molar-refractivity contribution is 0.171. The molecule has 0 aliphatic carbocycles. The minimum atomic E-state index is -0.331. The Kier molecular flexibility index (Phi) is 2.39. The summed E-state index contributed by atoms with van der Waals surface area (Å²) in [5.41, 5.74) is 1.86. The number of para-hydroxylation sites is 1. The second-order valence-electron chi connectivity index (χ2n) is 4.58. The van der Waals surface area contributed by atoms with Crippen LogP contribution in [0.1, 0.15) is 0 Å². The Morgan fingerprint density at radius 3 is 2.75 bits per heavy atom. The second kappa shape index (κ2) is 4.23. The smallest absolute Gasteiger partial charge is 0.162 e. The number of nitrogens with zero attached hydrogens (tertiary/aromatic N) is 1. The van der Waals surface area contributed by atoms with E-state index in [2.05, 4.69) is 9.97 Å². The molecular weight excluding hydrogens is 259 g/mol. The van der Waals surface area contributed by atoms with Crippen LogP contribution in [0, 0.1) is 5.82 Å². The minimum Gasteiger partial charge on any atom is -0.486 e. The zero-order valence-electron chi connectivity index (χ0n) is 10.5. The van der Waals surface area contributed by atoms with Gasteiger partial charge < -0.3 is 14.5 Å². The number of imidazole rings is 1. The molecule has 5 heteroatoms. The molecule has 1 N–H and O–H groups in total. The monoisotopic (exact) mass is 270 g/mol. The largest absolute Gasteiger partial charge is 0.486 e. The van der Waals surface area contributed by atoms with E-state index in [0.29, 0.717) is 35.8 Å².